The lowest BCUT2D eigenvalue weighted by atomic mass is 10.2. The molecule has 1 heterocycles. The van der Waals surface area contributed by atoms with Gasteiger partial charge in [-0.05, 0) is 24.3 Å². The predicted molar refractivity (Wildman–Crippen MR) is 63.4 cm³/mol. The fourth-order valence-corrected chi connectivity index (χ4v) is 1.48. The summed E-state index contributed by atoms with van der Waals surface area (Å²) in [7, 11) is 0. The van der Waals surface area contributed by atoms with Crippen molar-refractivity contribution < 1.29 is 4.79 Å². The highest BCUT2D eigenvalue weighted by atomic mass is 16.1. The van der Waals surface area contributed by atoms with Crippen LogP contribution >= 0.6 is 0 Å². The first-order valence-corrected chi connectivity index (χ1v) is 4.76. The Hall–Kier alpha value is -2.36. The van der Waals surface area contributed by atoms with Crippen LogP contribution in [0, 0.1) is 0 Å². The average Bonchev–Trinajstić information content (AvgIpc) is 2.28. The Morgan fingerprint density at radius 3 is 2.88 bits per heavy atom. The van der Waals surface area contributed by atoms with E-state index >= 15 is 0 Å². The summed E-state index contributed by atoms with van der Waals surface area (Å²) in [6.07, 6.45) is 1.20. The average molecular weight is 214 g/mol. The molecule has 2 N–H and O–H groups in total. The highest BCUT2D eigenvalue weighted by molar-refractivity contribution is 6.05. The number of hydrogen-bond donors (Lipinski definition) is 2. The lowest BCUT2D eigenvalue weighted by Crippen LogP contribution is -2.09. The summed E-state index contributed by atoms with van der Waals surface area (Å²) in [5.74, 6) is -0.279. The molecule has 1 aromatic heterocycles. The zero-order valence-corrected chi connectivity index (χ0v) is 8.49. The van der Waals surface area contributed by atoms with Crippen LogP contribution in [0.25, 0.3) is 10.9 Å². The molecule has 1 aromatic carbocycles. The highest BCUT2D eigenvalue weighted by Gasteiger charge is 2.02. The number of fused-ring (bicyclic) bond motifs is 1. The van der Waals surface area contributed by atoms with Crippen LogP contribution in [0.3, 0.4) is 0 Å². The SMILES string of the molecule is C=CC(=O)Nc1cccc2[nH]c(=O)ccc12. The van der Waals surface area contributed by atoms with Crippen LogP contribution in [0.5, 0.6) is 0 Å². The van der Waals surface area contributed by atoms with Crippen molar-refractivity contribution in [1.29, 1.82) is 0 Å². The first kappa shape index (κ1) is 10.2. The second-order valence-corrected chi connectivity index (χ2v) is 3.28. The minimum Gasteiger partial charge on any atom is -0.322 e. The zero-order valence-electron chi connectivity index (χ0n) is 8.49. The summed E-state index contributed by atoms with van der Waals surface area (Å²) >= 11 is 0. The second kappa shape index (κ2) is 4.02. The normalized spacial score (nSPS) is 10.0. The monoisotopic (exact) mass is 214 g/mol. The van der Waals surface area contributed by atoms with E-state index in [-0.39, 0.29) is 11.5 Å². The van der Waals surface area contributed by atoms with E-state index in [1.807, 2.05) is 0 Å². The maximum atomic E-state index is 11.2. The molecule has 4 heteroatoms. The molecule has 0 saturated carbocycles. The first-order valence-electron chi connectivity index (χ1n) is 4.76. The molecular weight excluding hydrogens is 204 g/mol. The largest absolute Gasteiger partial charge is 0.322 e. The molecule has 0 aliphatic heterocycles. The first-order chi connectivity index (χ1) is 7.70. The third-order valence-corrected chi connectivity index (χ3v) is 2.21. The number of rotatable bonds is 2. The van der Waals surface area contributed by atoms with E-state index in [9.17, 15) is 9.59 Å². The van der Waals surface area contributed by atoms with E-state index in [4.69, 9.17) is 0 Å². The Morgan fingerprint density at radius 2 is 2.12 bits per heavy atom. The minimum absolute atomic E-state index is 0.167. The van der Waals surface area contributed by atoms with Gasteiger partial charge in [0, 0.05) is 11.5 Å². The van der Waals surface area contributed by atoms with E-state index in [1.54, 1.807) is 24.3 Å². The van der Waals surface area contributed by atoms with Crippen LogP contribution in [-0.4, -0.2) is 10.9 Å². The van der Waals surface area contributed by atoms with Crippen LogP contribution in [0.15, 0.2) is 47.8 Å². The molecule has 0 unspecified atom stereocenters. The molecule has 0 fully saturated rings. The van der Waals surface area contributed by atoms with E-state index in [0.717, 1.165) is 5.39 Å². The van der Waals surface area contributed by atoms with Gasteiger partial charge in [-0.25, -0.2) is 0 Å². The van der Waals surface area contributed by atoms with E-state index in [1.165, 1.54) is 12.1 Å². The summed E-state index contributed by atoms with van der Waals surface area (Å²) in [5, 5.41) is 3.46. The molecule has 4 nitrogen and oxygen atoms in total. The van der Waals surface area contributed by atoms with Crippen molar-refractivity contribution in [3.05, 3.63) is 53.3 Å². The molecule has 0 radical (unpaired) electrons. The molecule has 0 aliphatic rings. The topological polar surface area (TPSA) is 62.0 Å². The number of benzene rings is 1. The van der Waals surface area contributed by atoms with Gasteiger partial charge in [-0.15, -0.1) is 0 Å². The molecule has 0 aliphatic carbocycles. The molecule has 0 saturated heterocycles. The van der Waals surface area contributed by atoms with Crippen molar-refractivity contribution in [3.63, 3.8) is 0 Å². The molecular formula is C12H10N2O2. The third kappa shape index (κ3) is 1.86. The van der Waals surface area contributed by atoms with E-state index in [2.05, 4.69) is 16.9 Å². The van der Waals surface area contributed by atoms with Crippen molar-refractivity contribution in [1.82, 2.24) is 4.98 Å². The van der Waals surface area contributed by atoms with Crippen molar-refractivity contribution in [2.45, 2.75) is 0 Å². The fraction of sp³-hybridized carbons (Fsp3) is 0. The van der Waals surface area contributed by atoms with E-state index < -0.39 is 0 Å². The van der Waals surface area contributed by atoms with Gasteiger partial charge in [0.05, 0.1) is 11.2 Å². The van der Waals surface area contributed by atoms with Gasteiger partial charge >= 0.3 is 0 Å². The number of amides is 1. The second-order valence-electron chi connectivity index (χ2n) is 3.28. The summed E-state index contributed by atoms with van der Waals surface area (Å²) in [5.41, 5.74) is 1.17. The summed E-state index contributed by atoms with van der Waals surface area (Å²) in [6, 6.07) is 8.40. The standard InChI is InChI=1S/C12H10N2O2/c1-2-11(15)13-9-4-3-5-10-8(9)6-7-12(16)14-10/h2-7H,1H2,(H,13,15)(H,14,16). The lowest BCUT2D eigenvalue weighted by molar-refractivity contribution is -0.111. The highest BCUT2D eigenvalue weighted by Crippen LogP contribution is 2.20. The molecule has 80 valence electrons. The number of aromatic nitrogens is 1. The number of carbonyl (C=O) groups excluding carboxylic acids is 1. The van der Waals surface area contributed by atoms with Crippen LogP contribution in [-0.2, 0) is 4.79 Å². The van der Waals surface area contributed by atoms with Gasteiger partial charge < -0.3 is 10.3 Å². The number of aromatic amines is 1. The Labute approximate surface area is 91.6 Å². The Kier molecular flexibility index (Phi) is 2.55. The van der Waals surface area contributed by atoms with Gasteiger partial charge in [-0.3, -0.25) is 9.59 Å². The van der Waals surface area contributed by atoms with Crippen molar-refractivity contribution in [2.75, 3.05) is 5.32 Å². The number of anilines is 1. The van der Waals surface area contributed by atoms with Gasteiger partial charge in [-0.2, -0.15) is 0 Å². The fourth-order valence-electron chi connectivity index (χ4n) is 1.48. The number of carbonyl (C=O) groups is 1. The van der Waals surface area contributed by atoms with Crippen LogP contribution in [0.2, 0.25) is 0 Å². The Balaban J connectivity index is 2.57. The zero-order chi connectivity index (χ0) is 11.5. The maximum Gasteiger partial charge on any atom is 0.248 e. The number of H-pyrrole nitrogens is 1. The van der Waals surface area contributed by atoms with Crippen LogP contribution in [0.1, 0.15) is 0 Å². The number of nitrogens with one attached hydrogen (secondary N) is 2. The van der Waals surface area contributed by atoms with Crippen LogP contribution in [0.4, 0.5) is 5.69 Å². The van der Waals surface area contributed by atoms with Gasteiger partial charge in [0.1, 0.15) is 0 Å². The molecule has 1 amide bonds. The molecule has 0 atom stereocenters. The van der Waals surface area contributed by atoms with Gasteiger partial charge in [0.15, 0.2) is 0 Å². The van der Waals surface area contributed by atoms with Crippen molar-refractivity contribution in [3.8, 4) is 0 Å². The van der Waals surface area contributed by atoms with Gasteiger partial charge in [0.2, 0.25) is 11.5 Å². The predicted octanol–water partition coefficient (Wildman–Crippen LogP) is 1.65. The van der Waals surface area contributed by atoms with Crippen molar-refractivity contribution >= 4 is 22.5 Å². The van der Waals surface area contributed by atoms with Crippen molar-refractivity contribution in [2.24, 2.45) is 0 Å². The smallest absolute Gasteiger partial charge is 0.248 e. The molecule has 2 aromatic rings. The maximum absolute atomic E-state index is 11.2. The van der Waals surface area contributed by atoms with Gasteiger partial charge in [0.25, 0.3) is 0 Å². The Bertz CT molecular complexity index is 614. The number of hydrogen-bond acceptors (Lipinski definition) is 2. The molecule has 0 bridgehead atoms. The number of pyridine rings is 1. The summed E-state index contributed by atoms with van der Waals surface area (Å²) in [6.45, 7) is 3.38. The quantitative estimate of drug-likeness (QED) is 0.747. The summed E-state index contributed by atoms with van der Waals surface area (Å²) < 4.78 is 0. The third-order valence-electron chi connectivity index (χ3n) is 2.21. The Morgan fingerprint density at radius 1 is 1.31 bits per heavy atom. The molecule has 0 spiro atoms. The van der Waals surface area contributed by atoms with Gasteiger partial charge in [-0.1, -0.05) is 12.6 Å². The summed E-state index contributed by atoms with van der Waals surface area (Å²) in [4.78, 5) is 25.0. The minimum atomic E-state index is -0.279. The van der Waals surface area contributed by atoms with Crippen LogP contribution < -0.4 is 10.9 Å². The molecule has 2 rings (SSSR count). The lowest BCUT2D eigenvalue weighted by Gasteiger charge is -2.05. The van der Waals surface area contributed by atoms with E-state index in [0.29, 0.717) is 11.2 Å². The molecule has 16 heavy (non-hydrogen) atoms.